The molecule has 4 aromatic rings. The van der Waals surface area contributed by atoms with Gasteiger partial charge in [0.25, 0.3) is 0 Å². The van der Waals surface area contributed by atoms with Crippen molar-refractivity contribution in [3.63, 3.8) is 0 Å². The number of nitrogens with one attached hydrogen (secondary N) is 1. The van der Waals surface area contributed by atoms with Crippen molar-refractivity contribution in [3.05, 3.63) is 106 Å². The molecular formula is C25H22N2OS. The molecule has 0 atom stereocenters. The molecule has 3 aromatic carbocycles. The number of anilines is 1. The maximum Gasteiger partial charge on any atom is 0.225 e. The van der Waals surface area contributed by atoms with Crippen LogP contribution in [-0.2, 0) is 4.79 Å². The zero-order valence-electron chi connectivity index (χ0n) is 16.2. The van der Waals surface area contributed by atoms with E-state index in [0.29, 0.717) is 6.42 Å². The number of hydrogen-bond acceptors (Lipinski definition) is 3. The van der Waals surface area contributed by atoms with Crippen molar-refractivity contribution in [2.45, 2.75) is 19.3 Å². The van der Waals surface area contributed by atoms with Gasteiger partial charge in [0.2, 0.25) is 5.91 Å². The topological polar surface area (TPSA) is 42.0 Å². The zero-order chi connectivity index (χ0) is 20.1. The van der Waals surface area contributed by atoms with Gasteiger partial charge in [-0.25, -0.2) is 4.98 Å². The van der Waals surface area contributed by atoms with Gasteiger partial charge in [-0.1, -0.05) is 72.8 Å². The van der Waals surface area contributed by atoms with E-state index in [1.54, 1.807) is 11.3 Å². The van der Waals surface area contributed by atoms with Crippen LogP contribution >= 0.6 is 11.3 Å². The zero-order valence-corrected chi connectivity index (χ0v) is 17.0. The van der Waals surface area contributed by atoms with Crippen molar-refractivity contribution in [2.75, 3.05) is 5.32 Å². The summed E-state index contributed by atoms with van der Waals surface area (Å²) in [6.07, 6.45) is 0.390. The molecule has 0 aliphatic rings. The summed E-state index contributed by atoms with van der Waals surface area (Å²) in [6.45, 7) is 2.00. The van der Waals surface area contributed by atoms with Crippen LogP contribution in [0.3, 0.4) is 0 Å². The average Bonchev–Trinajstić information content (AvgIpc) is 3.20. The summed E-state index contributed by atoms with van der Waals surface area (Å²) >= 11 is 1.64. The Bertz CT molecular complexity index is 1030. The lowest BCUT2D eigenvalue weighted by Gasteiger charge is -2.18. The van der Waals surface area contributed by atoms with Crippen LogP contribution in [0.2, 0.25) is 0 Å². The van der Waals surface area contributed by atoms with Crippen molar-refractivity contribution < 1.29 is 4.79 Å². The molecule has 0 aliphatic heterocycles. The van der Waals surface area contributed by atoms with Crippen LogP contribution in [0.25, 0.3) is 11.3 Å². The quantitative estimate of drug-likeness (QED) is 0.415. The van der Waals surface area contributed by atoms with E-state index in [2.05, 4.69) is 34.6 Å². The Labute approximate surface area is 175 Å². The molecule has 4 heteroatoms. The number of benzene rings is 3. The van der Waals surface area contributed by atoms with Gasteiger partial charge in [-0.05, 0) is 30.2 Å². The van der Waals surface area contributed by atoms with Crippen LogP contribution in [0.1, 0.15) is 28.5 Å². The van der Waals surface area contributed by atoms with Crippen molar-refractivity contribution in [1.29, 1.82) is 0 Å². The molecule has 0 bridgehead atoms. The Morgan fingerprint density at radius 1 is 0.897 bits per heavy atom. The van der Waals surface area contributed by atoms with Gasteiger partial charge < -0.3 is 5.32 Å². The largest absolute Gasteiger partial charge is 0.326 e. The molecule has 4 rings (SSSR count). The van der Waals surface area contributed by atoms with E-state index in [0.717, 1.165) is 33.1 Å². The molecule has 0 aliphatic carbocycles. The van der Waals surface area contributed by atoms with Gasteiger partial charge >= 0.3 is 0 Å². The highest BCUT2D eigenvalue weighted by atomic mass is 32.1. The Morgan fingerprint density at radius 3 is 2.00 bits per heavy atom. The molecule has 3 nitrogen and oxygen atoms in total. The molecule has 1 amide bonds. The number of aromatic nitrogens is 1. The molecule has 0 radical (unpaired) electrons. The molecular weight excluding hydrogens is 376 g/mol. The predicted molar refractivity (Wildman–Crippen MR) is 120 cm³/mol. The van der Waals surface area contributed by atoms with Gasteiger partial charge in [0.1, 0.15) is 0 Å². The standard InChI is InChI=1S/C25H22N2OS/c1-18-26-24(17-29-18)21-12-14-22(15-13-21)27-25(28)16-23(19-8-4-2-5-9-19)20-10-6-3-7-11-20/h2-15,17,23H,16H2,1H3,(H,27,28). The van der Waals surface area contributed by atoms with Crippen LogP contribution in [0.5, 0.6) is 0 Å². The minimum absolute atomic E-state index is 0.0000381. The van der Waals surface area contributed by atoms with E-state index in [1.807, 2.05) is 73.0 Å². The second-order valence-corrected chi connectivity index (χ2v) is 8.02. The molecule has 0 fully saturated rings. The van der Waals surface area contributed by atoms with Crippen molar-refractivity contribution >= 4 is 22.9 Å². The first-order valence-electron chi connectivity index (χ1n) is 9.61. The SMILES string of the molecule is Cc1nc(-c2ccc(NC(=O)CC(c3ccccc3)c3ccccc3)cc2)cs1. The maximum atomic E-state index is 12.8. The lowest BCUT2D eigenvalue weighted by Crippen LogP contribution is -2.16. The van der Waals surface area contributed by atoms with E-state index in [9.17, 15) is 4.79 Å². The van der Waals surface area contributed by atoms with E-state index in [1.165, 1.54) is 0 Å². The van der Waals surface area contributed by atoms with E-state index in [4.69, 9.17) is 0 Å². The smallest absolute Gasteiger partial charge is 0.225 e. The summed E-state index contributed by atoms with van der Waals surface area (Å²) in [5, 5.41) is 6.13. The molecule has 0 saturated carbocycles. The number of nitrogens with zero attached hydrogens (tertiary/aromatic N) is 1. The van der Waals surface area contributed by atoms with Gasteiger partial charge in [0, 0.05) is 29.0 Å². The average molecular weight is 399 g/mol. The number of carbonyl (C=O) groups excluding carboxylic acids is 1. The van der Waals surface area contributed by atoms with Crippen LogP contribution in [0.4, 0.5) is 5.69 Å². The lowest BCUT2D eigenvalue weighted by molar-refractivity contribution is -0.116. The molecule has 0 unspecified atom stereocenters. The minimum Gasteiger partial charge on any atom is -0.326 e. The van der Waals surface area contributed by atoms with E-state index in [-0.39, 0.29) is 11.8 Å². The minimum atomic E-state index is -0.0000381. The van der Waals surface area contributed by atoms with Crippen LogP contribution in [-0.4, -0.2) is 10.9 Å². The Hall–Kier alpha value is -3.24. The third-order valence-electron chi connectivity index (χ3n) is 4.88. The first-order chi connectivity index (χ1) is 14.2. The monoisotopic (exact) mass is 398 g/mol. The fourth-order valence-corrected chi connectivity index (χ4v) is 4.04. The first-order valence-corrected chi connectivity index (χ1v) is 10.5. The van der Waals surface area contributed by atoms with E-state index >= 15 is 0 Å². The number of thiazole rings is 1. The number of hydrogen-bond donors (Lipinski definition) is 1. The predicted octanol–water partition coefficient (Wildman–Crippen LogP) is 6.28. The summed E-state index contributed by atoms with van der Waals surface area (Å²) < 4.78 is 0. The fourth-order valence-electron chi connectivity index (χ4n) is 3.42. The number of rotatable bonds is 6. The third-order valence-corrected chi connectivity index (χ3v) is 5.65. The first kappa shape index (κ1) is 19.1. The van der Waals surface area contributed by atoms with Crippen molar-refractivity contribution in [3.8, 4) is 11.3 Å². The Kier molecular flexibility index (Phi) is 5.82. The summed E-state index contributed by atoms with van der Waals surface area (Å²) in [4.78, 5) is 17.3. The van der Waals surface area contributed by atoms with Gasteiger partial charge in [-0.3, -0.25) is 4.79 Å². The summed E-state index contributed by atoms with van der Waals surface area (Å²) in [5.74, 6) is 0.0228. The van der Waals surface area contributed by atoms with Gasteiger partial charge in [0.15, 0.2) is 0 Å². The molecule has 1 aromatic heterocycles. The van der Waals surface area contributed by atoms with Crippen molar-refractivity contribution in [1.82, 2.24) is 4.98 Å². The highest BCUT2D eigenvalue weighted by molar-refractivity contribution is 7.09. The van der Waals surface area contributed by atoms with Crippen molar-refractivity contribution in [2.24, 2.45) is 0 Å². The summed E-state index contributed by atoms with van der Waals surface area (Å²) in [5.41, 5.74) is 5.11. The fraction of sp³-hybridized carbons (Fsp3) is 0.120. The molecule has 0 saturated heterocycles. The molecule has 144 valence electrons. The second kappa shape index (κ2) is 8.84. The highest BCUT2D eigenvalue weighted by Crippen LogP contribution is 2.29. The lowest BCUT2D eigenvalue weighted by atomic mass is 9.88. The maximum absolute atomic E-state index is 12.8. The Morgan fingerprint density at radius 2 is 1.48 bits per heavy atom. The number of carbonyl (C=O) groups is 1. The summed E-state index contributed by atoms with van der Waals surface area (Å²) in [7, 11) is 0. The van der Waals surface area contributed by atoms with E-state index < -0.39 is 0 Å². The molecule has 1 N–H and O–H groups in total. The van der Waals surface area contributed by atoms with Crippen LogP contribution < -0.4 is 5.32 Å². The van der Waals surface area contributed by atoms with Gasteiger partial charge in [-0.2, -0.15) is 0 Å². The summed E-state index contributed by atoms with van der Waals surface area (Å²) in [6, 6.07) is 28.2. The molecule has 1 heterocycles. The third kappa shape index (κ3) is 4.79. The van der Waals surface area contributed by atoms with Gasteiger partial charge in [-0.15, -0.1) is 11.3 Å². The normalized spacial score (nSPS) is 10.8. The molecule has 29 heavy (non-hydrogen) atoms. The molecule has 0 spiro atoms. The second-order valence-electron chi connectivity index (χ2n) is 6.96. The van der Waals surface area contributed by atoms with Gasteiger partial charge in [0.05, 0.1) is 10.7 Å². The Balaban J connectivity index is 1.48. The number of amides is 1. The highest BCUT2D eigenvalue weighted by Gasteiger charge is 2.18. The van der Waals surface area contributed by atoms with Crippen LogP contribution in [0, 0.1) is 6.92 Å². The number of aryl methyl sites for hydroxylation is 1. The van der Waals surface area contributed by atoms with Crippen LogP contribution in [0.15, 0.2) is 90.3 Å².